The molecule has 0 aliphatic rings. The minimum Gasteiger partial charge on any atom is -0.271 e. The highest BCUT2D eigenvalue weighted by molar-refractivity contribution is 7.92. The van der Waals surface area contributed by atoms with E-state index in [-0.39, 0.29) is 10.6 Å². The maximum atomic E-state index is 13.2. The Morgan fingerprint density at radius 2 is 1.66 bits per heavy atom. The fourth-order valence-corrected chi connectivity index (χ4v) is 4.22. The molecule has 0 heterocycles. The molecule has 0 unspecified atom stereocenters. The maximum absolute atomic E-state index is 13.2. The summed E-state index contributed by atoms with van der Waals surface area (Å²) in [6.07, 6.45) is 1.29. The molecule has 3 rings (SSSR count). The molecule has 0 spiro atoms. The number of hydrogen-bond acceptors (Lipinski definition) is 6. The summed E-state index contributed by atoms with van der Waals surface area (Å²) in [4.78, 5) is 22.6. The van der Waals surface area contributed by atoms with Crippen molar-refractivity contribution >= 4 is 45.1 Å². The number of halogens is 1. The molecule has 3 aromatic carbocycles. The summed E-state index contributed by atoms with van der Waals surface area (Å²) in [5.41, 5.74) is 3.02. The summed E-state index contributed by atoms with van der Waals surface area (Å²) >= 11 is 5.85. The fraction of sp³-hybridized carbons (Fsp3) is 0.0476. The van der Waals surface area contributed by atoms with Crippen LogP contribution in [0.2, 0.25) is 5.02 Å². The zero-order valence-corrected chi connectivity index (χ0v) is 18.0. The number of carbonyl (C=O) groups excluding carboxylic acids is 1. The van der Waals surface area contributed by atoms with E-state index >= 15 is 0 Å². The Morgan fingerprint density at radius 1 is 1.03 bits per heavy atom. The molecular weight excluding hydrogens is 456 g/mol. The number of amides is 1. The number of rotatable bonds is 8. The molecule has 9 nitrogen and oxygen atoms in total. The summed E-state index contributed by atoms with van der Waals surface area (Å²) in [6.45, 7) is -0.521. The van der Waals surface area contributed by atoms with Gasteiger partial charge in [0.1, 0.15) is 6.54 Å². The van der Waals surface area contributed by atoms with Crippen molar-refractivity contribution in [3.05, 3.63) is 99.6 Å². The number of nitrogens with zero attached hydrogens (tertiary/aromatic N) is 3. The third-order valence-electron chi connectivity index (χ3n) is 4.24. The predicted octanol–water partition coefficient (Wildman–Crippen LogP) is 3.59. The number of carbonyl (C=O) groups is 1. The molecule has 0 aliphatic heterocycles. The van der Waals surface area contributed by atoms with Gasteiger partial charge in [-0.2, -0.15) is 5.10 Å². The molecule has 0 fully saturated rings. The van der Waals surface area contributed by atoms with E-state index in [4.69, 9.17) is 11.6 Å². The van der Waals surface area contributed by atoms with Crippen LogP contribution in [0.4, 0.5) is 11.4 Å². The van der Waals surface area contributed by atoms with E-state index in [0.29, 0.717) is 16.3 Å². The van der Waals surface area contributed by atoms with Crippen molar-refractivity contribution in [3.8, 4) is 0 Å². The molecule has 0 atom stereocenters. The maximum Gasteiger partial charge on any atom is 0.269 e. The molecule has 0 radical (unpaired) electrons. The van der Waals surface area contributed by atoms with Gasteiger partial charge < -0.3 is 0 Å². The van der Waals surface area contributed by atoms with E-state index in [9.17, 15) is 23.3 Å². The molecular formula is C21H17ClN4O5S. The molecule has 0 aliphatic carbocycles. The third-order valence-corrected chi connectivity index (χ3v) is 6.28. The molecule has 1 N–H and O–H groups in total. The first-order valence-electron chi connectivity index (χ1n) is 9.17. The number of nitrogens with one attached hydrogen (secondary N) is 1. The molecule has 0 saturated heterocycles. The zero-order valence-electron chi connectivity index (χ0n) is 16.5. The highest BCUT2D eigenvalue weighted by Crippen LogP contribution is 2.24. The number of hydrogen-bond donors (Lipinski definition) is 1. The number of anilines is 1. The minimum atomic E-state index is -4.06. The van der Waals surface area contributed by atoms with E-state index in [2.05, 4.69) is 10.5 Å². The van der Waals surface area contributed by atoms with Gasteiger partial charge in [0.2, 0.25) is 0 Å². The van der Waals surface area contributed by atoms with Gasteiger partial charge >= 0.3 is 0 Å². The van der Waals surface area contributed by atoms with Gasteiger partial charge in [0.05, 0.1) is 21.7 Å². The smallest absolute Gasteiger partial charge is 0.269 e. The number of hydrazone groups is 1. The summed E-state index contributed by atoms with van der Waals surface area (Å²) in [7, 11) is -4.06. The van der Waals surface area contributed by atoms with E-state index in [0.717, 1.165) is 4.31 Å². The van der Waals surface area contributed by atoms with Gasteiger partial charge in [-0.05, 0) is 54.1 Å². The number of non-ortho nitro benzene ring substituents is 1. The molecule has 11 heteroatoms. The highest BCUT2D eigenvalue weighted by atomic mass is 35.5. The Morgan fingerprint density at radius 3 is 2.25 bits per heavy atom. The lowest BCUT2D eigenvalue weighted by Gasteiger charge is -2.23. The Balaban J connectivity index is 1.77. The van der Waals surface area contributed by atoms with Crippen molar-refractivity contribution in [3.63, 3.8) is 0 Å². The molecule has 1 amide bonds. The number of benzene rings is 3. The van der Waals surface area contributed by atoms with Crippen LogP contribution in [0.25, 0.3) is 0 Å². The van der Waals surface area contributed by atoms with Crippen molar-refractivity contribution in [2.24, 2.45) is 5.10 Å². The molecule has 164 valence electrons. The average molecular weight is 473 g/mol. The van der Waals surface area contributed by atoms with Crippen molar-refractivity contribution in [1.29, 1.82) is 0 Å². The van der Waals surface area contributed by atoms with Crippen LogP contribution in [0.5, 0.6) is 0 Å². The summed E-state index contributed by atoms with van der Waals surface area (Å²) in [5.74, 6) is -0.676. The quantitative estimate of drug-likeness (QED) is 0.305. The lowest BCUT2D eigenvalue weighted by Crippen LogP contribution is -2.39. The minimum absolute atomic E-state index is 0.0204. The first kappa shape index (κ1) is 22.9. The summed E-state index contributed by atoms with van der Waals surface area (Å²) in [5, 5.41) is 14.9. The number of sulfonamides is 1. The van der Waals surface area contributed by atoms with Gasteiger partial charge in [0.25, 0.3) is 21.6 Å². The average Bonchev–Trinajstić information content (AvgIpc) is 2.78. The second kappa shape index (κ2) is 10.0. The van der Waals surface area contributed by atoms with Crippen LogP contribution in [0.1, 0.15) is 5.56 Å². The van der Waals surface area contributed by atoms with Gasteiger partial charge in [0.15, 0.2) is 0 Å². The van der Waals surface area contributed by atoms with Crippen LogP contribution >= 0.6 is 11.6 Å². The topological polar surface area (TPSA) is 122 Å². The largest absolute Gasteiger partial charge is 0.271 e. The standard InChI is InChI=1S/C21H17ClN4O5S/c22-17-8-12-20(13-9-17)32(30,31)25(18-4-2-1-3-5-18)15-21(27)24-23-14-16-6-10-19(11-7-16)26(28)29/h1-14H,15H2,(H,24,27)/b23-14-. The van der Waals surface area contributed by atoms with Crippen LogP contribution in [-0.2, 0) is 14.8 Å². The normalized spacial score (nSPS) is 11.3. The van der Waals surface area contributed by atoms with Gasteiger partial charge in [-0.15, -0.1) is 0 Å². The number of para-hydroxylation sites is 1. The molecule has 32 heavy (non-hydrogen) atoms. The zero-order chi connectivity index (χ0) is 23.1. The van der Waals surface area contributed by atoms with Crippen LogP contribution in [0.3, 0.4) is 0 Å². The van der Waals surface area contributed by atoms with Crippen molar-refractivity contribution < 1.29 is 18.1 Å². The summed E-state index contributed by atoms with van der Waals surface area (Å²) < 4.78 is 27.3. The number of nitro benzene ring substituents is 1. The third kappa shape index (κ3) is 5.68. The fourth-order valence-electron chi connectivity index (χ4n) is 2.67. The van der Waals surface area contributed by atoms with Crippen molar-refractivity contribution in [2.75, 3.05) is 10.8 Å². The SMILES string of the molecule is O=C(CN(c1ccccc1)S(=O)(=O)c1ccc(Cl)cc1)N/N=C\c1ccc([N+](=O)[O-])cc1. The second-order valence-corrected chi connectivity index (χ2v) is 8.74. The molecule has 0 bridgehead atoms. The van der Waals surface area contributed by atoms with Crippen molar-refractivity contribution in [2.45, 2.75) is 4.90 Å². The monoisotopic (exact) mass is 472 g/mol. The molecule has 0 aromatic heterocycles. The van der Waals surface area contributed by atoms with E-state index in [1.165, 1.54) is 54.7 Å². The number of nitro groups is 1. The Kier molecular flexibility index (Phi) is 7.18. The van der Waals surface area contributed by atoms with Gasteiger partial charge in [-0.1, -0.05) is 29.8 Å². The second-order valence-electron chi connectivity index (χ2n) is 6.44. The van der Waals surface area contributed by atoms with Crippen LogP contribution in [0.15, 0.2) is 88.9 Å². The van der Waals surface area contributed by atoms with Crippen LogP contribution < -0.4 is 9.73 Å². The van der Waals surface area contributed by atoms with Crippen LogP contribution in [0, 0.1) is 10.1 Å². The predicted molar refractivity (Wildman–Crippen MR) is 121 cm³/mol. The van der Waals surface area contributed by atoms with Gasteiger partial charge in [-0.25, -0.2) is 13.8 Å². The van der Waals surface area contributed by atoms with E-state index < -0.39 is 27.4 Å². The van der Waals surface area contributed by atoms with E-state index in [1.807, 2.05) is 0 Å². The first-order chi connectivity index (χ1) is 15.3. The highest BCUT2D eigenvalue weighted by Gasteiger charge is 2.27. The first-order valence-corrected chi connectivity index (χ1v) is 11.0. The summed E-state index contributed by atoms with van der Waals surface area (Å²) in [6, 6.07) is 19.3. The van der Waals surface area contributed by atoms with E-state index in [1.54, 1.807) is 30.3 Å². The lowest BCUT2D eigenvalue weighted by molar-refractivity contribution is -0.384. The molecule has 3 aromatic rings. The van der Waals surface area contributed by atoms with Gasteiger partial charge in [0, 0.05) is 17.2 Å². The van der Waals surface area contributed by atoms with Crippen LogP contribution in [-0.4, -0.2) is 32.0 Å². The van der Waals surface area contributed by atoms with Gasteiger partial charge in [-0.3, -0.25) is 19.2 Å². The Bertz CT molecular complexity index is 1230. The lowest BCUT2D eigenvalue weighted by atomic mass is 10.2. The van der Waals surface area contributed by atoms with Crippen molar-refractivity contribution in [1.82, 2.24) is 5.43 Å². The Labute approximate surface area is 189 Å². The molecule has 0 saturated carbocycles. The Hall–Kier alpha value is -3.76.